The SMILES string of the molecule is O=C(Nc1ccc(SC(C(=O)Nc2ccccn2)c2ccccc2)cc1)c1ccco1. The molecule has 0 spiro atoms. The number of aromatic nitrogens is 1. The molecule has 4 rings (SSSR count). The molecule has 2 amide bonds. The summed E-state index contributed by atoms with van der Waals surface area (Å²) in [6.45, 7) is 0. The van der Waals surface area contributed by atoms with Crippen LogP contribution >= 0.6 is 11.8 Å². The average molecular weight is 430 g/mol. The summed E-state index contributed by atoms with van der Waals surface area (Å²) in [6, 6.07) is 25.5. The highest BCUT2D eigenvalue weighted by Gasteiger charge is 2.22. The van der Waals surface area contributed by atoms with E-state index in [1.165, 1.54) is 18.0 Å². The van der Waals surface area contributed by atoms with Gasteiger partial charge in [0.15, 0.2) is 5.76 Å². The van der Waals surface area contributed by atoms with Crippen molar-refractivity contribution in [3.63, 3.8) is 0 Å². The van der Waals surface area contributed by atoms with Crippen molar-refractivity contribution in [3.8, 4) is 0 Å². The van der Waals surface area contributed by atoms with Crippen LogP contribution in [0.4, 0.5) is 11.5 Å². The van der Waals surface area contributed by atoms with Gasteiger partial charge in [-0.15, -0.1) is 11.8 Å². The molecule has 1 atom stereocenters. The molecule has 2 heterocycles. The van der Waals surface area contributed by atoms with E-state index in [4.69, 9.17) is 4.42 Å². The molecule has 1 unspecified atom stereocenters. The van der Waals surface area contributed by atoms with Crippen LogP contribution in [0.1, 0.15) is 21.4 Å². The summed E-state index contributed by atoms with van der Waals surface area (Å²) < 4.78 is 5.10. The molecular formula is C24H19N3O3S. The Morgan fingerprint density at radius 3 is 2.29 bits per heavy atom. The van der Waals surface area contributed by atoms with E-state index >= 15 is 0 Å². The molecule has 0 saturated heterocycles. The molecule has 2 N–H and O–H groups in total. The lowest BCUT2D eigenvalue weighted by molar-refractivity contribution is -0.115. The summed E-state index contributed by atoms with van der Waals surface area (Å²) in [5, 5.41) is 5.19. The Labute approximate surface area is 183 Å². The van der Waals surface area contributed by atoms with Crippen LogP contribution in [0.15, 0.2) is 107 Å². The minimum atomic E-state index is -0.466. The van der Waals surface area contributed by atoms with Gasteiger partial charge >= 0.3 is 0 Å². The fourth-order valence-electron chi connectivity index (χ4n) is 2.88. The quantitative estimate of drug-likeness (QED) is 0.384. The number of benzene rings is 2. The Bertz CT molecular complexity index is 1130. The van der Waals surface area contributed by atoms with E-state index in [0.717, 1.165) is 10.5 Å². The molecule has 0 saturated carbocycles. The highest BCUT2D eigenvalue weighted by Crippen LogP contribution is 2.36. The van der Waals surface area contributed by atoms with Crippen LogP contribution in [-0.2, 0) is 4.79 Å². The molecule has 0 aliphatic heterocycles. The minimum absolute atomic E-state index is 0.162. The Balaban J connectivity index is 1.49. The Morgan fingerprint density at radius 2 is 1.61 bits per heavy atom. The standard InChI is InChI=1S/C24H19N3O3S/c28-23(20-9-6-16-30-20)26-18-11-13-19(14-12-18)31-22(17-7-2-1-3-8-17)24(29)27-21-10-4-5-15-25-21/h1-16,22H,(H,26,28)(H,25,27,29). The summed E-state index contributed by atoms with van der Waals surface area (Å²) >= 11 is 1.42. The van der Waals surface area contributed by atoms with Crippen molar-refractivity contribution in [1.29, 1.82) is 0 Å². The molecule has 31 heavy (non-hydrogen) atoms. The molecule has 7 heteroatoms. The maximum absolute atomic E-state index is 13.0. The average Bonchev–Trinajstić information content (AvgIpc) is 3.35. The number of carbonyl (C=O) groups is 2. The number of hydrogen-bond acceptors (Lipinski definition) is 5. The van der Waals surface area contributed by atoms with Gasteiger partial charge in [-0.05, 0) is 54.1 Å². The number of hydrogen-bond donors (Lipinski definition) is 2. The van der Waals surface area contributed by atoms with Crippen molar-refractivity contribution in [2.45, 2.75) is 10.1 Å². The lowest BCUT2D eigenvalue weighted by Gasteiger charge is -2.17. The molecule has 2 aromatic carbocycles. The summed E-state index contributed by atoms with van der Waals surface area (Å²) in [5.74, 6) is 0.270. The minimum Gasteiger partial charge on any atom is -0.459 e. The van der Waals surface area contributed by atoms with Crippen LogP contribution in [0, 0.1) is 0 Å². The second-order valence-electron chi connectivity index (χ2n) is 6.57. The number of nitrogens with zero attached hydrogens (tertiary/aromatic N) is 1. The first-order chi connectivity index (χ1) is 15.2. The smallest absolute Gasteiger partial charge is 0.291 e. The molecule has 0 radical (unpaired) electrons. The van der Waals surface area contributed by atoms with Gasteiger partial charge in [0.25, 0.3) is 5.91 Å². The molecule has 0 bridgehead atoms. The van der Waals surface area contributed by atoms with Gasteiger partial charge in [-0.25, -0.2) is 4.98 Å². The van der Waals surface area contributed by atoms with Gasteiger partial charge in [0.1, 0.15) is 11.1 Å². The van der Waals surface area contributed by atoms with Crippen molar-refractivity contribution in [2.75, 3.05) is 10.6 Å². The predicted molar refractivity (Wildman–Crippen MR) is 121 cm³/mol. The van der Waals surface area contributed by atoms with Crippen molar-refractivity contribution < 1.29 is 14.0 Å². The van der Waals surface area contributed by atoms with Gasteiger partial charge in [0, 0.05) is 16.8 Å². The number of nitrogens with one attached hydrogen (secondary N) is 2. The second-order valence-corrected chi connectivity index (χ2v) is 7.75. The first-order valence-corrected chi connectivity index (χ1v) is 10.5. The summed E-state index contributed by atoms with van der Waals surface area (Å²) in [6.07, 6.45) is 3.09. The van der Waals surface area contributed by atoms with E-state index < -0.39 is 5.25 Å². The van der Waals surface area contributed by atoms with E-state index in [9.17, 15) is 9.59 Å². The summed E-state index contributed by atoms with van der Waals surface area (Å²) in [5.41, 5.74) is 1.52. The molecule has 2 aromatic heterocycles. The van der Waals surface area contributed by atoms with Crippen molar-refractivity contribution in [1.82, 2.24) is 4.98 Å². The van der Waals surface area contributed by atoms with Gasteiger partial charge in [-0.3, -0.25) is 9.59 Å². The number of carbonyl (C=O) groups excluding carboxylic acids is 2. The van der Waals surface area contributed by atoms with Gasteiger partial charge in [0.2, 0.25) is 5.91 Å². The van der Waals surface area contributed by atoms with Gasteiger partial charge in [0.05, 0.1) is 6.26 Å². The maximum atomic E-state index is 13.0. The van der Waals surface area contributed by atoms with Crippen molar-refractivity contribution in [3.05, 3.63) is 109 Å². The third-order valence-corrected chi connectivity index (χ3v) is 5.63. The van der Waals surface area contributed by atoms with E-state index in [0.29, 0.717) is 11.5 Å². The van der Waals surface area contributed by atoms with E-state index in [-0.39, 0.29) is 17.6 Å². The number of rotatable bonds is 7. The maximum Gasteiger partial charge on any atom is 0.291 e. The zero-order chi connectivity index (χ0) is 21.5. The predicted octanol–water partition coefficient (Wildman–Crippen LogP) is 5.40. The van der Waals surface area contributed by atoms with Crippen LogP contribution in [-0.4, -0.2) is 16.8 Å². The lowest BCUT2D eigenvalue weighted by Crippen LogP contribution is -2.19. The fourth-order valence-corrected chi connectivity index (χ4v) is 3.91. The van der Waals surface area contributed by atoms with E-state index in [1.807, 2.05) is 48.5 Å². The van der Waals surface area contributed by atoms with Crippen molar-refractivity contribution in [2.24, 2.45) is 0 Å². The first kappa shape index (κ1) is 20.4. The van der Waals surface area contributed by atoms with Gasteiger partial charge in [-0.2, -0.15) is 0 Å². The Morgan fingerprint density at radius 1 is 0.839 bits per heavy atom. The molecule has 6 nitrogen and oxygen atoms in total. The van der Waals surface area contributed by atoms with Gasteiger partial charge < -0.3 is 15.1 Å². The Kier molecular flexibility index (Phi) is 6.44. The highest BCUT2D eigenvalue weighted by atomic mass is 32.2. The van der Waals surface area contributed by atoms with Crippen molar-refractivity contribution >= 4 is 35.1 Å². The molecule has 0 aliphatic carbocycles. The monoisotopic (exact) mass is 429 g/mol. The lowest BCUT2D eigenvalue weighted by atomic mass is 10.1. The third-order valence-electron chi connectivity index (χ3n) is 4.37. The highest BCUT2D eigenvalue weighted by molar-refractivity contribution is 8.00. The van der Waals surface area contributed by atoms with Crippen LogP contribution in [0.25, 0.3) is 0 Å². The molecule has 154 valence electrons. The van der Waals surface area contributed by atoms with Crippen LogP contribution in [0.5, 0.6) is 0 Å². The third kappa shape index (κ3) is 5.40. The second kappa shape index (κ2) is 9.77. The number of pyridine rings is 1. The summed E-state index contributed by atoms with van der Waals surface area (Å²) in [4.78, 5) is 30.2. The molecule has 0 aliphatic rings. The Hall–Kier alpha value is -3.84. The summed E-state index contributed by atoms with van der Waals surface area (Å²) in [7, 11) is 0. The number of anilines is 2. The van der Waals surface area contributed by atoms with E-state index in [1.54, 1.807) is 42.6 Å². The zero-order valence-corrected chi connectivity index (χ0v) is 17.2. The largest absolute Gasteiger partial charge is 0.459 e. The molecule has 4 aromatic rings. The normalized spacial score (nSPS) is 11.5. The van der Waals surface area contributed by atoms with Crippen LogP contribution in [0.2, 0.25) is 0 Å². The number of thioether (sulfide) groups is 1. The van der Waals surface area contributed by atoms with Crippen LogP contribution < -0.4 is 10.6 Å². The van der Waals surface area contributed by atoms with Gasteiger partial charge in [-0.1, -0.05) is 36.4 Å². The first-order valence-electron chi connectivity index (χ1n) is 9.57. The number of furan rings is 1. The number of amides is 2. The van der Waals surface area contributed by atoms with Crippen LogP contribution in [0.3, 0.4) is 0 Å². The topological polar surface area (TPSA) is 84.2 Å². The fraction of sp³-hybridized carbons (Fsp3) is 0.0417. The molecule has 0 fully saturated rings. The zero-order valence-electron chi connectivity index (χ0n) is 16.4. The molecular weight excluding hydrogens is 410 g/mol. The van der Waals surface area contributed by atoms with E-state index in [2.05, 4.69) is 15.6 Å².